The first-order valence-corrected chi connectivity index (χ1v) is 12.3. The van der Waals surface area contributed by atoms with Gasteiger partial charge in [0, 0.05) is 26.1 Å². The van der Waals surface area contributed by atoms with Gasteiger partial charge in [-0.2, -0.15) is 4.31 Å². The summed E-state index contributed by atoms with van der Waals surface area (Å²) in [6.45, 7) is 6.23. The van der Waals surface area contributed by atoms with Gasteiger partial charge in [0.1, 0.15) is 0 Å². The van der Waals surface area contributed by atoms with E-state index in [1.54, 1.807) is 28.6 Å². The highest BCUT2D eigenvalue weighted by Gasteiger charge is 2.26. The summed E-state index contributed by atoms with van der Waals surface area (Å²) >= 11 is 0. The maximum absolute atomic E-state index is 12.6. The van der Waals surface area contributed by atoms with E-state index in [1.807, 2.05) is 38.1 Å². The van der Waals surface area contributed by atoms with Crippen LogP contribution in [-0.2, 0) is 39.1 Å². The van der Waals surface area contributed by atoms with Gasteiger partial charge in [-0.1, -0.05) is 36.4 Å². The van der Waals surface area contributed by atoms with E-state index in [2.05, 4.69) is 5.32 Å². The van der Waals surface area contributed by atoms with Crippen LogP contribution in [0, 0.1) is 0 Å². The lowest BCUT2D eigenvalue weighted by molar-refractivity contribution is -0.121. The highest BCUT2D eigenvalue weighted by Crippen LogP contribution is 2.21. The summed E-state index contributed by atoms with van der Waals surface area (Å²) in [5, 5.41) is 2.95. The fraction of sp³-hybridized carbons (Fsp3) is 0.458. The van der Waals surface area contributed by atoms with E-state index in [0.29, 0.717) is 44.0 Å². The second kappa shape index (κ2) is 10.9. The minimum Gasteiger partial charge on any atom is -0.374 e. The van der Waals surface area contributed by atoms with Crippen molar-refractivity contribution in [2.75, 3.05) is 13.1 Å². The molecule has 31 heavy (non-hydrogen) atoms. The highest BCUT2D eigenvalue weighted by atomic mass is 32.2. The molecule has 2 aromatic rings. The lowest BCUT2D eigenvalue weighted by atomic mass is 10.1. The fourth-order valence-electron chi connectivity index (χ4n) is 3.54. The summed E-state index contributed by atoms with van der Waals surface area (Å²) in [6.07, 6.45) is 2.94. The number of benzene rings is 2. The zero-order valence-electron chi connectivity index (χ0n) is 18.3. The Labute approximate surface area is 185 Å². The lowest BCUT2D eigenvalue weighted by Crippen LogP contribution is -2.27. The van der Waals surface area contributed by atoms with Crippen LogP contribution in [0.3, 0.4) is 0 Å². The predicted octanol–water partition coefficient (Wildman–Crippen LogP) is 3.65. The molecule has 6 nitrogen and oxygen atoms in total. The second-order valence-corrected chi connectivity index (χ2v) is 10.1. The summed E-state index contributed by atoms with van der Waals surface area (Å²) in [7, 11) is -3.39. The Hall–Kier alpha value is -2.22. The molecule has 1 amide bonds. The van der Waals surface area contributed by atoms with E-state index in [1.165, 1.54) is 0 Å². The van der Waals surface area contributed by atoms with Gasteiger partial charge in [0.25, 0.3) is 0 Å². The number of nitrogens with zero attached hydrogens (tertiary/aromatic N) is 1. The van der Waals surface area contributed by atoms with Gasteiger partial charge in [-0.05, 0) is 61.9 Å². The molecule has 1 aliphatic rings. The normalized spacial score (nSPS) is 14.8. The minimum absolute atomic E-state index is 0.0300. The Kier molecular flexibility index (Phi) is 8.23. The summed E-state index contributed by atoms with van der Waals surface area (Å²) in [4.78, 5) is 12.6. The largest absolute Gasteiger partial charge is 0.374 e. The number of hydrogen-bond donors (Lipinski definition) is 1. The van der Waals surface area contributed by atoms with Gasteiger partial charge >= 0.3 is 0 Å². The van der Waals surface area contributed by atoms with Crippen molar-refractivity contribution < 1.29 is 17.9 Å². The average molecular weight is 445 g/mol. The first-order valence-electron chi connectivity index (χ1n) is 10.9. The molecular formula is C24H32N2O4S. The van der Waals surface area contributed by atoms with Crippen molar-refractivity contribution in [3.63, 3.8) is 0 Å². The van der Waals surface area contributed by atoms with E-state index in [0.717, 1.165) is 29.5 Å². The van der Waals surface area contributed by atoms with E-state index in [-0.39, 0.29) is 12.0 Å². The summed E-state index contributed by atoms with van der Waals surface area (Å²) in [6, 6.07) is 14.9. The fourth-order valence-corrected chi connectivity index (χ4v) is 5.06. The van der Waals surface area contributed by atoms with Gasteiger partial charge in [0.2, 0.25) is 15.9 Å². The monoisotopic (exact) mass is 444 g/mol. The summed E-state index contributed by atoms with van der Waals surface area (Å²) in [5.74, 6) is -0.0300. The molecule has 0 saturated carbocycles. The van der Waals surface area contributed by atoms with E-state index in [9.17, 15) is 13.2 Å². The molecule has 2 aromatic carbocycles. The summed E-state index contributed by atoms with van der Waals surface area (Å²) < 4.78 is 32.3. The third-order valence-electron chi connectivity index (χ3n) is 5.33. The number of sulfonamides is 1. The molecule has 168 valence electrons. The standard InChI is InChI=1S/C24H32N2O4S/c1-19(2)30-18-22-7-5-6-21(16-22)17-25-24(27)13-10-20-8-11-23(12-9-20)31(28,29)26-14-3-4-15-26/h5-9,11-12,16,19H,3-4,10,13-15,17-18H2,1-2H3,(H,25,27). The number of ether oxygens (including phenoxy) is 1. The van der Waals surface area contributed by atoms with Crippen molar-refractivity contribution in [3.05, 3.63) is 65.2 Å². The van der Waals surface area contributed by atoms with Gasteiger partial charge in [0.15, 0.2) is 0 Å². The molecule has 1 saturated heterocycles. The SMILES string of the molecule is CC(C)OCc1cccc(CNC(=O)CCc2ccc(S(=O)(=O)N3CCCC3)cc2)c1. The van der Waals surface area contributed by atoms with Crippen LogP contribution in [0.2, 0.25) is 0 Å². The van der Waals surface area contributed by atoms with E-state index >= 15 is 0 Å². The Morgan fingerprint density at radius 2 is 1.71 bits per heavy atom. The molecule has 1 aliphatic heterocycles. The smallest absolute Gasteiger partial charge is 0.243 e. The zero-order chi connectivity index (χ0) is 22.3. The molecule has 0 spiro atoms. The third kappa shape index (κ3) is 6.89. The first kappa shape index (κ1) is 23.4. The number of rotatable bonds is 10. The van der Waals surface area contributed by atoms with Crippen LogP contribution in [0.5, 0.6) is 0 Å². The first-order chi connectivity index (χ1) is 14.8. The predicted molar refractivity (Wildman–Crippen MR) is 121 cm³/mol. The Morgan fingerprint density at radius 3 is 2.39 bits per heavy atom. The quantitative estimate of drug-likeness (QED) is 0.607. The molecule has 0 aliphatic carbocycles. The zero-order valence-corrected chi connectivity index (χ0v) is 19.2. The van der Waals surface area contributed by atoms with Crippen LogP contribution in [0.4, 0.5) is 0 Å². The van der Waals surface area contributed by atoms with Gasteiger partial charge in [-0.15, -0.1) is 0 Å². The molecule has 1 fully saturated rings. The topological polar surface area (TPSA) is 75.7 Å². The van der Waals surface area contributed by atoms with Crippen LogP contribution in [-0.4, -0.2) is 37.8 Å². The molecule has 7 heteroatoms. The number of amides is 1. The molecular weight excluding hydrogens is 412 g/mol. The van der Waals surface area contributed by atoms with Crippen LogP contribution in [0.25, 0.3) is 0 Å². The maximum atomic E-state index is 12.6. The summed E-state index contributed by atoms with van der Waals surface area (Å²) in [5.41, 5.74) is 3.07. The average Bonchev–Trinajstić information content (AvgIpc) is 3.31. The Morgan fingerprint density at radius 1 is 1.03 bits per heavy atom. The number of aryl methyl sites for hydroxylation is 1. The lowest BCUT2D eigenvalue weighted by Gasteiger charge is -2.15. The number of carbonyl (C=O) groups excluding carboxylic acids is 1. The number of nitrogens with one attached hydrogen (secondary N) is 1. The van der Waals surface area contributed by atoms with Crippen LogP contribution in [0.1, 0.15) is 49.8 Å². The minimum atomic E-state index is -3.39. The van der Waals surface area contributed by atoms with Crippen molar-refractivity contribution in [2.24, 2.45) is 0 Å². The molecule has 3 rings (SSSR count). The van der Waals surface area contributed by atoms with Crippen molar-refractivity contribution in [1.29, 1.82) is 0 Å². The van der Waals surface area contributed by atoms with Crippen molar-refractivity contribution in [1.82, 2.24) is 9.62 Å². The number of carbonyl (C=O) groups is 1. The third-order valence-corrected chi connectivity index (χ3v) is 7.24. The highest BCUT2D eigenvalue weighted by molar-refractivity contribution is 7.89. The molecule has 0 radical (unpaired) electrons. The van der Waals surface area contributed by atoms with Crippen LogP contribution >= 0.6 is 0 Å². The van der Waals surface area contributed by atoms with Gasteiger partial charge in [-0.3, -0.25) is 4.79 Å². The van der Waals surface area contributed by atoms with Crippen molar-refractivity contribution >= 4 is 15.9 Å². The molecule has 1 N–H and O–H groups in total. The van der Waals surface area contributed by atoms with E-state index in [4.69, 9.17) is 4.74 Å². The molecule has 1 heterocycles. The molecule has 0 unspecified atom stereocenters. The molecule has 0 aromatic heterocycles. The van der Waals surface area contributed by atoms with Crippen LogP contribution in [0.15, 0.2) is 53.4 Å². The Bertz CT molecular complexity index is 965. The second-order valence-electron chi connectivity index (χ2n) is 8.21. The van der Waals surface area contributed by atoms with Crippen molar-refractivity contribution in [2.45, 2.75) is 63.7 Å². The van der Waals surface area contributed by atoms with E-state index < -0.39 is 10.0 Å². The van der Waals surface area contributed by atoms with Crippen LogP contribution < -0.4 is 5.32 Å². The van der Waals surface area contributed by atoms with Gasteiger partial charge < -0.3 is 10.1 Å². The number of hydrogen-bond acceptors (Lipinski definition) is 4. The molecule has 0 atom stereocenters. The Balaban J connectivity index is 1.46. The maximum Gasteiger partial charge on any atom is 0.243 e. The van der Waals surface area contributed by atoms with Crippen molar-refractivity contribution in [3.8, 4) is 0 Å². The molecule has 0 bridgehead atoms. The van der Waals surface area contributed by atoms with Gasteiger partial charge in [-0.25, -0.2) is 8.42 Å². The van der Waals surface area contributed by atoms with Gasteiger partial charge in [0.05, 0.1) is 17.6 Å².